The predicted molar refractivity (Wildman–Crippen MR) is 135 cm³/mol. The van der Waals surface area contributed by atoms with Gasteiger partial charge < -0.3 is 9.47 Å². The van der Waals surface area contributed by atoms with Crippen LogP contribution in [-0.2, 0) is 4.74 Å². The molecule has 1 saturated heterocycles. The molecule has 0 spiro atoms. The molecule has 0 aromatic heterocycles. The van der Waals surface area contributed by atoms with Crippen molar-refractivity contribution in [3.8, 4) is 5.75 Å². The molecule has 3 unspecified atom stereocenters. The van der Waals surface area contributed by atoms with Crippen molar-refractivity contribution in [3.63, 3.8) is 0 Å². The molecular weight excluding hydrogens is 430 g/mol. The van der Waals surface area contributed by atoms with Crippen molar-refractivity contribution in [3.05, 3.63) is 47.6 Å². The maximum absolute atomic E-state index is 14.7. The largest absolute Gasteiger partial charge is 0.490 e. The van der Waals surface area contributed by atoms with Gasteiger partial charge in [-0.1, -0.05) is 32.1 Å². The second kappa shape index (κ2) is 12.3. The van der Waals surface area contributed by atoms with Gasteiger partial charge in [0.2, 0.25) is 5.82 Å². The zero-order valence-corrected chi connectivity index (χ0v) is 21.0. The van der Waals surface area contributed by atoms with Crippen molar-refractivity contribution in [2.24, 2.45) is 23.7 Å². The maximum atomic E-state index is 14.7. The molecule has 2 aliphatic carbocycles. The van der Waals surface area contributed by atoms with Gasteiger partial charge in [0.15, 0.2) is 11.6 Å². The van der Waals surface area contributed by atoms with Crippen LogP contribution in [0, 0.1) is 35.3 Å². The average Bonchev–Trinajstić information content (AvgIpc) is 2.89. The molecule has 1 aromatic carbocycles. The third-order valence-corrected chi connectivity index (χ3v) is 8.31. The Kier molecular flexibility index (Phi) is 9.22. The van der Waals surface area contributed by atoms with E-state index in [-0.39, 0.29) is 5.75 Å². The minimum Gasteiger partial charge on any atom is -0.490 e. The number of hydrogen-bond acceptors (Lipinski definition) is 2. The van der Waals surface area contributed by atoms with Crippen LogP contribution in [0.1, 0.15) is 90.0 Å². The standard InChI is InChI=1S/C30H42F2O2/c1-3-5-6-21-7-9-24(10-8-21)27-17-15-25(20-34-27)22-11-13-23(14-12-22)26-16-18-28(33-19-4-2)30(32)29(26)31/h5-6,13,16,18,21-22,24-25,27H,3-4,7-12,14-15,17,19-20H2,1-2H3. The molecule has 1 saturated carbocycles. The lowest BCUT2D eigenvalue weighted by Gasteiger charge is -2.40. The molecular formula is C30H42F2O2. The van der Waals surface area contributed by atoms with Crippen molar-refractivity contribution in [1.82, 2.24) is 0 Å². The average molecular weight is 473 g/mol. The van der Waals surface area contributed by atoms with Crippen LogP contribution in [0.4, 0.5) is 8.78 Å². The van der Waals surface area contributed by atoms with Crippen molar-refractivity contribution < 1.29 is 18.3 Å². The molecule has 4 heteroatoms. The lowest BCUT2D eigenvalue weighted by Crippen LogP contribution is -2.36. The van der Waals surface area contributed by atoms with Crippen molar-refractivity contribution in [2.75, 3.05) is 13.2 Å². The molecule has 1 aromatic rings. The SMILES string of the molecule is CCC=CC1CCC(C2CCC(C3CC=C(c4ccc(OCCC)c(F)c4F)CC3)CO2)CC1. The third-order valence-electron chi connectivity index (χ3n) is 8.31. The first-order valence-electron chi connectivity index (χ1n) is 13.7. The molecule has 1 aliphatic heterocycles. The van der Waals surface area contributed by atoms with Gasteiger partial charge in [-0.3, -0.25) is 0 Å². The number of rotatable bonds is 8. The second-order valence-electron chi connectivity index (χ2n) is 10.6. The van der Waals surface area contributed by atoms with Crippen molar-refractivity contribution >= 4 is 5.57 Å². The summed E-state index contributed by atoms with van der Waals surface area (Å²) in [7, 11) is 0. The molecule has 188 valence electrons. The summed E-state index contributed by atoms with van der Waals surface area (Å²) in [5.74, 6) is 1.04. The highest BCUT2D eigenvalue weighted by Gasteiger charge is 2.34. The number of allylic oxidation sites excluding steroid dienone is 4. The van der Waals surface area contributed by atoms with Gasteiger partial charge in [0.25, 0.3) is 0 Å². The zero-order chi connectivity index (χ0) is 23.9. The molecule has 0 amide bonds. The van der Waals surface area contributed by atoms with E-state index in [9.17, 15) is 8.78 Å². The van der Waals surface area contributed by atoms with Crippen molar-refractivity contribution in [1.29, 1.82) is 0 Å². The fourth-order valence-corrected chi connectivity index (χ4v) is 6.20. The first-order valence-corrected chi connectivity index (χ1v) is 13.7. The van der Waals surface area contributed by atoms with Crippen LogP contribution in [0.2, 0.25) is 0 Å². The molecule has 1 heterocycles. The molecule has 0 bridgehead atoms. The fourth-order valence-electron chi connectivity index (χ4n) is 6.20. The van der Waals surface area contributed by atoms with E-state index in [4.69, 9.17) is 9.47 Å². The van der Waals surface area contributed by atoms with E-state index >= 15 is 0 Å². The molecule has 3 aliphatic rings. The molecule has 0 radical (unpaired) electrons. The van der Waals surface area contributed by atoms with Crippen LogP contribution in [0.3, 0.4) is 0 Å². The quantitative estimate of drug-likeness (QED) is 0.353. The van der Waals surface area contributed by atoms with E-state index in [1.807, 2.05) is 6.92 Å². The Morgan fingerprint density at radius 2 is 1.74 bits per heavy atom. The molecule has 0 N–H and O–H groups in total. The summed E-state index contributed by atoms with van der Waals surface area (Å²) in [6, 6.07) is 3.25. The summed E-state index contributed by atoms with van der Waals surface area (Å²) in [6.07, 6.45) is 19.6. The van der Waals surface area contributed by atoms with Gasteiger partial charge in [0.1, 0.15) is 0 Å². The Bertz CT molecular complexity index is 846. The first-order chi connectivity index (χ1) is 16.6. The Morgan fingerprint density at radius 3 is 2.38 bits per heavy atom. The number of hydrogen-bond donors (Lipinski definition) is 0. The van der Waals surface area contributed by atoms with E-state index in [2.05, 4.69) is 25.2 Å². The second-order valence-corrected chi connectivity index (χ2v) is 10.6. The van der Waals surface area contributed by atoms with E-state index in [1.165, 1.54) is 38.5 Å². The van der Waals surface area contributed by atoms with E-state index in [0.717, 1.165) is 56.1 Å². The van der Waals surface area contributed by atoms with Crippen LogP contribution in [0.5, 0.6) is 5.75 Å². The summed E-state index contributed by atoms with van der Waals surface area (Å²) in [5.41, 5.74) is 1.32. The van der Waals surface area contributed by atoms with Gasteiger partial charge in [-0.25, -0.2) is 4.39 Å². The summed E-state index contributed by atoms with van der Waals surface area (Å²) in [5, 5.41) is 0. The van der Waals surface area contributed by atoms with Crippen molar-refractivity contribution in [2.45, 2.75) is 90.6 Å². The Hall–Kier alpha value is -1.68. The van der Waals surface area contributed by atoms with Crippen LogP contribution >= 0.6 is 0 Å². The number of halogens is 2. The molecule has 4 rings (SSSR count). The van der Waals surface area contributed by atoms with Gasteiger partial charge >= 0.3 is 0 Å². The summed E-state index contributed by atoms with van der Waals surface area (Å²) >= 11 is 0. The highest BCUT2D eigenvalue weighted by atomic mass is 19.2. The van der Waals surface area contributed by atoms with E-state index in [0.29, 0.717) is 30.1 Å². The van der Waals surface area contributed by atoms with E-state index in [1.54, 1.807) is 12.1 Å². The first kappa shape index (κ1) is 25.4. The zero-order valence-electron chi connectivity index (χ0n) is 21.0. The predicted octanol–water partition coefficient (Wildman–Crippen LogP) is 8.50. The fraction of sp³-hybridized carbons (Fsp3) is 0.667. The highest BCUT2D eigenvalue weighted by molar-refractivity contribution is 5.67. The maximum Gasteiger partial charge on any atom is 0.201 e. The number of benzene rings is 1. The third kappa shape index (κ3) is 6.11. The summed E-state index contributed by atoms with van der Waals surface area (Å²) in [6.45, 7) is 5.40. The van der Waals surface area contributed by atoms with Crippen LogP contribution in [0.25, 0.3) is 5.57 Å². The Labute approximate surface area is 204 Å². The van der Waals surface area contributed by atoms with Crippen LogP contribution in [-0.4, -0.2) is 19.3 Å². The lowest BCUT2D eigenvalue weighted by atomic mass is 9.73. The molecule has 3 atom stereocenters. The normalized spacial score (nSPS) is 30.4. The minimum atomic E-state index is -0.865. The minimum absolute atomic E-state index is 0.0113. The Balaban J connectivity index is 1.26. The number of ether oxygens (including phenoxy) is 2. The van der Waals surface area contributed by atoms with E-state index < -0.39 is 11.6 Å². The molecule has 34 heavy (non-hydrogen) atoms. The smallest absolute Gasteiger partial charge is 0.201 e. The monoisotopic (exact) mass is 472 g/mol. The molecule has 2 fully saturated rings. The Morgan fingerprint density at radius 1 is 0.941 bits per heavy atom. The van der Waals surface area contributed by atoms with Gasteiger partial charge in [-0.15, -0.1) is 0 Å². The van der Waals surface area contributed by atoms with Gasteiger partial charge in [-0.2, -0.15) is 4.39 Å². The highest BCUT2D eigenvalue weighted by Crippen LogP contribution is 2.42. The summed E-state index contributed by atoms with van der Waals surface area (Å²) < 4.78 is 40.9. The van der Waals surface area contributed by atoms with Crippen LogP contribution in [0.15, 0.2) is 30.4 Å². The van der Waals surface area contributed by atoms with Crippen LogP contribution < -0.4 is 4.74 Å². The van der Waals surface area contributed by atoms with Gasteiger partial charge in [0.05, 0.1) is 19.3 Å². The summed E-state index contributed by atoms with van der Waals surface area (Å²) in [4.78, 5) is 0. The lowest BCUT2D eigenvalue weighted by molar-refractivity contribution is -0.0692. The van der Waals surface area contributed by atoms with Gasteiger partial charge in [0, 0.05) is 5.56 Å². The van der Waals surface area contributed by atoms with Gasteiger partial charge in [-0.05, 0) is 112 Å². The molecule has 2 nitrogen and oxygen atoms in total. The topological polar surface area (TPSA) is 18.5 Å².